The summed E-state index contributed by atoms with van der Waals surface area (Å²) >= 11 is -0.269. The highest BCUT2D eigenvalue weighted by atomic mass is 32.2. The average molecular weight is 210 g/mol. The van der Waals surface area contributed by atoms with Gasteiger partial charge in [0.05, 0.1) is 6.20 Å². The first-order valence-electron chi connectivity index (χ1n) is 4.39. The summed E-state index contributed by atoms with van der Waals surface area (Å²) in [6.45, 7) is 0. The fourth-order valence-electron chi connectivity index (χ4n) is 1.26. The quantitative estimate of drug-likeness (QED) is 0.550. The first kappa shape index (κ1) is 9.27. The molecule has 0 bridgehead atoms. The van der Waals surface area contributed by atoms with Crippen LogP contribution < -0.4 is 10.6 Å². The Morgan fingerprint density at radius 2 is 2.14 bits per heavy atom. The number of anilines is 1. The van der Waals surface area contributed by atoms with Crippen molar-refractivity contribution in [1.29, 1.82) is 0 Å². The lowest BCUT2D eigenvalue weighted by molar-refractivity contribution is 0.0980. The number of benzene rings is 1. The summed E-state index contributed by atoms with van der Waals surface area (Å²) < 4.78 is 1.87. The molecule has 14 heavy (non-hydrogen) atoms. The van der Waals surface area contributed by atoms with E-state index in [-0.39, 0.29) is 11.1 Å². The van der Waals surface area contributed by atoms with Gasteiger partial charge in [-0.05, 0) is 30.7 Å². The molecule has 76 valence electrons. The molecule has 1 heterocycles. The van der Waals surface area contributed by atoms with E-state index in [0.717, 1.165) is 17.0 Å². The Balaban J connectivity index is 2.32. The van der Waals surface area contributed by atoms with E-state index in [9.17, 15) is 0 Å². The van der Waals surface area contributed by atoms with Crippen LogP contribution in [-0.2, 0) is 0 Å². The molecule has 0 spiro atoms. The molecule has 0 fully saturated rings. The summed E-state index contributed by atoms with van der Waals surface area (Å²) in [6, 6.07) is 5.69. The molecular formula is C10H14N2OS. The van der Waals surface area contributed by atoms with E-state index >= 15 is 0 Å². The summed E-state index contributed by atoms with van der Waals surface area (Å²) in [4.78, 5) is 5.67. The number of nitrogen functional groups attached to an aromatic ring is 1. The van der Waals surface area contributed by atoms with Gasteiger partial charge in [0.25, 0.3) is 0 Å². The highest BCUT2D eigenvalue weighted by Crippen LogP contribution is 2.33. The van der Waals surface area contributed by atoms with Crippen molar-refractivity contribution in [3.8, 4) is 5.75 Å². The van der Waals surface area contributed by atoms with Gasteiger partial charge in [-0.3, -0.25) is 0 Å². The van der Waals surface area contributed by atoms with Crippen molar-refractivity contribution in [3.63, 3.8) is 0 Å². The second kappa shape index (κ2) is 3.46. The lowest BCUT2D eigenvalue weighted by Crippen LogP contribution is -2.20. The molecule has 0 radical (unpaired) electrons. The minimum Gasteiger partial charge on any atom is -0.399 e. The summed E-state index contributed by atoms with van der Waals surface area (Å²) in [5, 5.41) is 0. The molecule has 2 N–H and O–H groups in total. The lowest BCUT2D eigenvalue weighted by Gasteiger charge is -2.30. The van der Waals surface area contributed by atoms with Gasteiger partial charge in [-0.15, -0.1) is 11.1 Å². The Morgan fingerprint density at radius 1 is 1.36 bits per heavy atom. The molecule has 4 heteroatoms. The average Bonchev–Trinajstić information content (AvgIpc) is 2.16. The van der Waals surface area contributed by atoms with Crippen LogP contribution in [0.3, 0.4) is 0 Å². The van der Waals surface area contributed by atoms with Crippen molar-refractivity contribution in [2.45, 2.75) is 0 Å². The second-order valence-corrected chi connectivity index (χ2v) is 5.44. The third-order valence-corrected chi connectivity index (χ3v) is 3.01. The van der Waals surface area contributed by atoms with Gasteiger partial charge in [-0.1, -0.05) is 0 Å². The molecule has 0 aliphatic carbocycles. The minimum absolute atomic E-state index is 0.269. The van der Waals surface area contributed by atoms with E-state index in [1.54, 1.807) is 0 Å². The maximum Gasteiger partial charge on any atom is 0.165 e. The summed E-state index contributed by atoms with van der Waals surface area (Å²) in [5.74, 6) is 0.837. The van der Waals surface area contributed by atoms with Crippen molar-refractivity contribution < 1.29 is 4.84 Å². The Kier molecular flexibility index (Phi) is 2.29. The Morgan fingerprint density at radius 3 is 2.86 bits per heavy atom. The third kappa shape index (κ3) is 1.65. The van der Waals surface area contributed by atoms with E-state index in [1.165, 1.54) is 0 Å². The fraction of sp³-hybridized carbons (Fsp3) is 0.200. The molecule has 2 rings (SSSR count). The molecule has 0 atom stereocenters. The first-order chi connectivity index (χ1) is 6.66. The number of hydroxylamine groups is 1. The SMILES string of the molecule is C[SH](C)N1C=Cc2ccc(N)cc2O1. The van der Waals surface area contributed by atoms with Crippen molar-refractivity contribution >= 4 is 22.8 Å². The summed E-state index contributed by atoms with van der Waals surface area (Å²) in [5.41, 5.74) is 7.49. The highest BCUT2D eigenvalue weighted by molar-refractivity contribution is 8.13. The number of hydrogen-bond acceptors (Lipinski definition) is 3. The van der Waals surface area contributed by atoms with Gasteiger partial charge in [0.2, 0.25) is 0 Å². The zero-order chi connectivity index (χ0) is 10.1. The van der Waals surface area contributed by atoms with Crippen LogP contribution in [0.4, 0.5) is 5.69 Å². The molecule has 1 aliphatic heterocycles. The van der Waals surface area contributed by atoms with Crippen LogP contribution in [0, 0.1) is 0 Å². The maximum absolute atomic E-state index is 5.69. The molecule has 0 amide bonds. The lowest BCUT2D eigenvalue weighted by atomic mass is 10.2. The van der Waals surface area contributed by atoms with Gasteiger partial charge in [0, 0.05) is 17.3 Å². The number of hydrogen-bond donors (Lipinski definition) is 2. The number of thiol groups is 1. The number of fused-ring (bicyclic) bond motifs is 1. The predicted molar refractivity (Wildman–Crippen MR) is 63.2 cm³/mol. The zero-order valence-corrected chi connectivity index (χ0v) is 9.16. The third-order valence-electron chi connectivity index (χ3n) is 2.01. The summed E-state index contributed by atoms with van der Waals surface area (Å²) in [6.07, 6.45) is 8.28. The molecule has 3 nitrogen and oxygen atoms in total. The smallest absolute Gasteiger partial charge is 0.165 e. The fourth-order valence-corrected chi connectivity index (χ4v) is 1.84. The van der Waals surface area contributed by atoms with Crippen LogP contribution in [0.25, 0.3) is 6.08 Å². The molecule has 0 aromatic heterocycles. The summed E-state index contributed by atoms with van der Waals surface area (Å²) in [7, 11) is 0. The van der Waals surface area contributed by atoms with Gasteiger partial charge in [-0.25, -0.2) is 0 Å². The molecule has 1 aliphatic rings. The number of nitrogens with zero attached hydrogens (tertiary/aromatic N) is 1. The van der Waals surface area contributed by atoms with Gasteiger partial charge >= 0.3 is 0 Å². The van der Waals surface area contributed by atoms with Crippen LogP contribution in [0.1, 0.15) is 5.56 Å². The topological polar surface area (TPSA) is 38.5 Å². The van der Waals surface area contributed by atoms with Crippen molar-refractivity contribution in [2.24, 2.45) is 0 Å². The Bertz CT molecular complexity index is 376. The largest absolute Gasteiger partial charge is 0.399 e. The minimum atomic E-state index is -0.269. The molecule has 1 aromatic rings. The highest BCUT2D eigenvalue weighted by Gasteiger charge is 2.12. The van der Waals surface area contributed by atoms with Crippen LogP contribution in [-0.4, -0.2) is 17.0 Å². The van der Waals surface area contributed by atoms with Gasteiger partial charge in [-0.2, -0.15) is 4.47 Å². The van der Waals surface area contributed by atoms with E-state index < -0.39 is 0 Å². The number of nitrogens with two attached hydrogens (primary N) is 1. The Hall–Kier alpha value is -1.29. The van der Waals surface area contributed by atoms with Gasteiger partial charge in [0.1, 0.15) is 0 Å². The van der Waals surface area contributed by atoms with Gasteiger partial charge < -0.3 is 10.6 Å². The van der Waals surface area contributed by atoms with Crippen LogP contribution >= 0.6 is 11.1 Å². The van der Waals surface area contributed by atoms with E-state index in [4.69, 9.17) is 10.6 Å². The standard InChI is InChI=1S/C10H14N2OS/c1-14(2)12-6-5-8-3-4-9(11)7-10(8)13-12/h3-7,14H,11H2,1-2H3. The molecule has 1 aromatic carbocycles. The molecule has 0 saturated carbocycles. The monoisotopic (exact) mass is 210 g/mol. The van der Waals surface area contributed by atoms with E-state index in [0.29, 0.717) is 0 Å². The van der Waals surface area contributed by atoms with Gasteiger partial charge in [0.15, 0.2) is 5.75 Å². The molecule has 0 unspecified atom stereocenters. The normalized spacial score (nSPS) is 14.7. The van der Waals surface area contributed by atoms with Crippen molar-refractivity contribution in [3.05, 3.63) is 30.0 Å². The zero-order valence-electron chi connectivity index (χ0n) is 8.27. The first-order valence-corrected chi connectivity index (χ1v) is 6.58. The Labute approximate surface area is 86.6 Å². The predicted octanol–water partition coefficient (Wildman–Crippen LogP) is 2.02. The number of rotatable bonds is 1. The van der Waals surface area contributed by atoms with E-state index in [1.807, 2.05) is 34.9 Å². The van der Waals surface area contributed by atoms with Crippen LogP contribution in [0.5, 0.6) is 5.75 Å². The van der Waals surface area contributed by atoms with Crippen molar-refractivity contribution in [1.82, 2.24) is 4.47 Å². The van der Waals surface area contributed by atoms with Crippen LogP contribution in [0.15, 0.2) is 24.4 Å². The van der Waals surface area contributed by atoms with Crippen LogP contribution in [0.2, 0.25) is 0 Å². The maximum atomic E-state index is 5.69. The van der Waals surface area contributed by atoms with E-state index in [2.05, 4.69) is 12.5 Å². The van der Waals surface area contributed by atoms with Crippen molar-refractivity contribution in [2.75, 3.05) is 18.2 Å². The molecular weight excluding hydrogens is 196 g/mol. The second-order valence-electron chi connectivity index (χ2n) is 3.35. The molecule has 0 saturated heterocycles.